The van der Waals surface area contributed by atoms with Crippen molar-refractivity contribution >= 4 is 0 Å². The normalized spacial score (nSPS) is 19.0. The van der Waals surface area contributed by atoms with E-state index in [1.807, 2.05) is 0 Å². The molecule has 2 aromatic rings. The zero-order chi connectivity index (χ0) is 14.5. The predicted molar refractivity (Wildman–Crippen MR) is 87.5 cm³/mol. The highest BCUT2D eigenvalue weighted by Gasteiger charge is 2.25. The lowest BCUT2D eigenvalue weighted by atomic mass is 9.78. The molecule has 3 rings (SSSR count). The summed E-state index contributed by atoms with van der Waals surface area (Å²) >= 11 is 0. The van der Waals surface area contributed by atoms with Crippen LogP contribution in [0.4, 0.5) is 0 Å². The van der Waals surface area contributed by atoms with Crippen LogP contribution in [0.3, 0.4) is 0 Å². The van der Waals surface area contributed by atoms with Gasteiger partial charge in [-0.3, -0.25) is 0 Å². The van der Waals surface area contributed by atoms with Crippen LogP contribution in [0.1, 0.15) is 48.3 Å². The SMILES string of the molecule is OC(CCCc1ccccc1)C1CCCc2ccccc21. The van der Waals surface area contributed by atoms with Gasteiger partial charge in [-0.2, -0.15) is 0 Å². The average Bonchev–Trinajstić information content (AvgIpc) is 2.55. The van der Waals surface area contributed by atoms with Crippen molar-refractivity contribution in [3.8, 4) is 0 Å². The molecule has 1 N–H and O–H groups in total. The molecular formula is C20H24O. The summed E-state index contributed by atoms with van der Waals surface area (Å²) in [4.78, 5) is 0. The molecule has 0 spiro atoms. The number of aliphatic hydroxyl groups is 1. The Bertz CT molecular complexity index is 561. The standard InChI is InChI=1S/C20H24O/c21-20(15-6-10-16-8-2-1-3-9-16)19-14-7-12-17-11-4-5-13-18(17)19/h1-5,8-9,11,13,19-21H,6-7,10,12,14-15H2. The number of benzene rings is 2. The van der Waals surface area contributed by atoms with Crippen molar-refractivity contribution in [2.24, 2.45) is 0 Å². The Morgan fingerprint density at radius 1 is 1.00 bits per heavy atom. The first-order valence-corrected chi connectivity index (χ1v) is 8.14. The second-order valence-electron chi connectivity index (χ2n) is 6.14. The van der Waals surface area contributed by atoms with E-state index in [9.17, 15) is 5.11 Å². The zero-order valence-electron chi connectivity index (χ0n) is 12.5. The summed E-state index contributed by atoms with van der Waals surface area (Å²) in [6.45, 7) is 0. The van der Waals surface area contributed by atoms with Gasteiger partial charge < -0.3 is 5.11 Å². The first-order valence-electron chi connectivity index (χ1n) is 8.14. The first-order chi connectivity index (χ1) is 10.3. The van der Waals surface area contributed by atoms with Crippen molar-refractivity contribution in [2.75, 3.05) is 0 Å². The fraction of sp³-hybridized carbons (Fsp3) is 0.400. The fourth-order valence-corrected chi connectivity index (χ4v) is 3.55. The van der Waals surface area contributed by atoms with Crippen LogP contribution in [0.15, 0.2) is 54.6 Å². The van der Waals surface area contributed by atoms with E-state index >= 15 is 0 Å². The molecule has 2 atom stereocenters. The lowest BCUT2D eigenvalue weighted by molar-refractivity contribution is 0.123. The third kappa shape index (κ3) is 3.54. The number of hydrogen-bond acceptors (Lipinski definition) is 1. The predicted octanol–water partition coefficient (Wildman–Crippen LogP) is 4.49. The molecule has 0 aliphatic heterocycles. The molecule has 0 radical (unpaired) electrons. The van der Waals surface area contributed by atoms with Crippen LogP contribution < -0.4 is 0 Å². The van der Waals surface area contributed by atoms with Gasteiger partial charge in [-0.05, 0) is 55.2 Å². The van der Waals surface area contributed by atoms with Crippen molar-refractivity contribution in [3.05, 3.63) is 71.3 Å². The molecule has 0 saturated carbocycles. The maximum Gasteiger partial charge on any atom is 0.0608 e. The summed E-state index contributed by atoms with van der Waals surface area (Å²) in [6.07, 6.45) is 6.32. The Morgan fingerprint density at radius 3 is 2.62 bits per heavy atom. The molecule has 0 amide bonds. The summed E-state index contributed by atoms with van der Waals surface area (Å²) in [5, 5.41) is 10.6. The minimum atomic E-state index is -0.199. The first kappa shape index (κ1) is 14.3. The smallest absolute Gasteiger partial charge is 0.0608 e. The lowest BCUT2D eigenvalue weighted by Crippen LogP contribution is -2.23. The van der Waals surface area contributed by atoms with Crippen LogP contribution in [-0.4, -0.2) is 11.2 Å². The topological polar surface area (TPSA) is 20.2 Å². The van der Waals surface area contributed by atoms with Gasteiger partial charge in [0.15, 0.2) is 0 Å². The third-order valence-corrected chi connectivity index (χ3v) is 4.69. The largest absolute Gasteiger partial charge is 0.392 e. The molecule has 0 aromatic heterocycles. The van der Waals surface area contributed by atoms with Gasteiger partial charge in [-0.25, -0.2) is 0 Å². The van der Waals surface area contributed by atoms with Crippen LogP contribution >= 0.6 is 0 Å². The molecule has 2 unspecified atom stereocenters. The average molecular weight is 280 g/mol. The van der Waals surface area contributed by atoms with E-state index < -0.39 is 0 Å². The molecular weight excluding hydrogens is 256 g/mol. The highest BCUT2D eigenvalue weighted by molar-refractivity contribution is 5.33. The Morgan fingerprint density at radius 2 is 1.76 bits per heavy atom. The maximum atomic E-state index is 10.6. The van der Waals surface area contributed by atoms with Crippen LogP contribution in [0.2, 0.25) is 0 Å². The number of fused-ring (bicyclic) bond motifs is 1. The monoisotopic (exact) mass is 280 g/mol. The van der Waals surface area contributed by atoms with E-state index in [2.05, 4.69) is 54.6 Å². The van der Waals surface area contributed by atoms with Crippen molar-refractivity contribution in [2.45, 2.75) is 50.5 Å². The van der Waals surface area contributed by atoms with Crippen molar-refractivity contribution < 1.29 is 5.11 Å². The van der Waals surface area contributed by atoms with E-state index in [4.69, 9.17) is 0 Å². The molecule has 0 saturated heterocycles. The van der Waals surface area contributed by atoms with E-state index in [1.165, 1.54) is 29.5 Å². The van der Waals surface area contributed by atoms with Crippen molar-refractivity contribution in [1.82, 2.24) is 0 Å². The number of hydrogen-bond donors (Lipinski definition) is 1. The second kappa shape index (κ2) is 6.91. The van der Waals surface area contributed by atoms with E-state index in [0.717, 1.165) is 25.7 Å². The maximum absolute atomic E-state index is 10.6. The second-order valence-corrected chi connectivity index (χ2v) is 6.14. The molecule has 0 fully saturated rings. The number of rotatable bonds is 5. The van der Waals surface area contributed by atoms with Gasteiger partial charge in [-0.1, -0.05) is 54.6 Å². The summed E-state index contributed by atoms with van der Waals surface area (Å²) in [5.41, 5.74) is 4.19. The number of aryl methyl sites for hydroxylation is 2. The molecule has 1 heteroatoms. The van der Waals surface area contributed by atoms with E-state index in [-0.39, 0.29) is 6.10 Å². The summed E-state index contributed by atoms with van der Waals surface area (Å²) in [7, 11) is 0. The quantitative estimate of drug-likeness (QED) is 0.855. The number of aliphatic hydroxyl groups excluding tert-OH is 1. The van der Waals surface area contributed by atoms with Crippen molar-refractivity contribution in [3.63, 3.8) is 0 Å². The van der Waals surface area contributed by atoms with Gasteiger partial charge in [0.05, 0.1) is 6.10 Å². The highest BCUT2D eigenvalue weighted by Crippen LogP contribution is 2.35. The lowest BCUT2D eigenvalue weighted by Gasteiger charge is -2.29. The minimum Gasteiger partial charge on any atom is -0.392 e. The van der Waals surface area contributed by atoms with Gasteiger partial charge in [0.2, 0.25) is 0 Å². The van der Waals surface area contributed by atoms with E-state index in [1.54, 1.807) is 0 Å². The van der Waals surface area contributed by atoms with E-state index in [0.29, 0.717) is 5.92 Å². The summed E-state index contributed by atoms with van der Waals surface area (Å²) < 4.78 is 0. The molecule has 21 heavy (non-hydrogen) atoms. The Balaban J connectivity index is 1.58. The molecule has 0 bridgehead atoms. The fourth-order valence-electron chi connectivity index (χ4n) is 3.55. The molecule has 1 nitrogen and oxygen atoms in total. The summed E-state index contributed by atoms with van der Waals surface area (Å²) in [5.74, 6) is 0.339. The summed E-state index contributed by atoms with van der Waals surface area (Å²) in [6, 6.07) is 19.2. The molecule has 1 aliphatic carbocycles. The molecule has 2 aromatic carbocycles. The van der Waals surface area contributed by atoms with Crippen molar-refractivity contribution in [1.29, 1.82) is 0 Å². The van der Waals surface area contributed by atoms with Gasteiger partial charge in [-0.15, -0.1) is 0 Å². The highest BCUT2D eigenvalue weighted by atomic mass is 16.3. The van der Waals surface area contributed by atoms with Gasteiger partial charge in [0.25, 0.3) is 0 Å². The van der Waals surface area contributed by atoms with Gasteiger partial charge in [0, 0.05) is 5.92 Å². The van der Waals surface area contributed by atoms with Crippen LogP contribution in [0, 0.1) is 0 Å². The van der Waals surface area contributed by atoms with Gasteiger partial charge >= 0.3 is 0 Å². The minimum absolute atomic E-state index is 0.199. The van der Waals surface area contributed by atoms with Gasteiger partial charge in [0.1, 0.15) is 0 Å². The Kier molecular flexibility index (Phi) is 4.72. The molecule has 0 heterocycles. The Hall–Kier alpha value is -1.60. The van der Waals surface area contributed by atoms with Crippen LogP contribution in [0.5, 0.6) is 0 Å². The zero-order valence-corrected chi connectivity index (χ0v) is 12.5. The molecule has 1 aliphatic rings. The molecule has 110 valence electrons. The van der Waals surface area contributed by atoms with Crippen LogP contribution in [0.25, 0.3) is 0 Å². The third-order valence-electron chi connectivity index (χ3n) is 4.69. The van der Waals surface area contributed by atoms with Crippen LogP contribution in [-0.2, 0) is 12.8 Å². The Labute approximate surface area is 127 Å².